The van der Waals surface area contributed by atoms with Crippen molar-refractivity contribution in [3.05, 3.63) is 35.6 Å². The zero-order valence-corrected chi connectivity index (χ0v) is 14.3. The lowest BCUT2D eigenvalue weighted by Crippen LogP contribution is -2.41. The molecular weight excluding hydrogens is 293 g/mol. The van der Waals surface area contributed by atoms with Crippen LogP contribution in [0.1, 0.15) is 25.8 Å². The number of benzene rings is 1. The lowest BCUT2D eigenvalue weighted by Gasteiger charge is -2.25. The Kier molecular flexibility index (Phi) is 6.99. The fraction of sp³-hybridized carbons (Fsp3) is 0.611. The minimum absolute atomic E-state index is 0.177. The maximum Gasteiger partial charge on any atom is 0.236 e. The summed E-state index contributed by atoms with van der Waals surface area (Å²) in [4.78, 5) is 18.7. The number of likely N-dealkylation sites (N-methyl/N-ethyl adjacent to an activating group) is 1. The first-order valence-corrected chi connectivity index (χ1v) is 8.59. The summed E-state index contributed by atoms with van der Waals surface area (Å²) in [6, 6.07) is 6.81. The SMILES string of the molecule is CCN(CC)C(=O)CN1CCCN(Cc2cccc(F)c2)CC1. The standard InChI is InChI=1S/C18H28FN3O/c1-3-22(4-2)18(23)15-21-10-6-9-20(11-12-21)14-16-7-5-8-17(19)13-16/h5,7-8,13H,3-4,6,9-12,14-15H2,1-2H3. The van der Waals surface area contributed by atoms with Gasteiger partial charge in [-0.05, 0) is 51.1 Å². The van der Waals surface area contributed by atoms with Crippen LogP contribution in [0.5, 0.6) is 0 Å². The van der Waals surface area contributed by atoms with Crippen LogP contribution >= 0.6 is 0 Å². The largest absolute Gasteiger partial charge is 0.342 e. The Morgan fingerprint density at radius 3 is 2.52 bits per heavy atom. The Balaban J connectivity index is 1.83. The predicted octanol–water partition coefficient (Wildman–Crippen LogP) is 2.20. The van der Waals surface area contributed by atoms with Gasteiger partial charge in [-0.15, -0.1) is 0 Å². The minimum atomic E-state index is -0.177. The molecule has 0 aromatic heterocycles. The van der Waals surface area contributed by atoms with E-state index in [0.29, 0.717) is 6.54 Å². The van der Waals surface area contributed by atoms with E-state index < -0.39 is 0 Å². The Bertz CT molecular complexity index is 505. The number of hydrogen-bond donors (Lipinski definition) is 0. The van der Waals surface area contributed by atoms with Gasteiger partial charge in [-0.1, -0.05) is 12.1 Å². The first kappa shape index (κ1) is 17.9. The quantitative estimate of drug-likeness (QED) is 0.804. The number of hydrogen-bond acceptors (Lipinski definition) is 3. The predicted molar refractivity (Wildman–Crippen MR) is 90.7 cm³/mol. The van der Waals surface area contributed by atoms with Gasteiger partial charge in [-0.2, -0.15) is 0 Å². The third kappa shape index (κ3) is 5.59. The molecule has 2 rings (SSSR count). The fourth-order valence-corrected chi connectivity index (χ4v) is 3.10. The third-order valence-electron chi connectivity index (χ3n) is 4.45. The summed E-state index contributed by atoms with van der Waals surface area (Å²) in [5.41, 5.74) is 1.01. The van der Waals surface area contributed by atoms with Crippen LogP contribution in [0.15, 0.2) is 24.3 Å². The Hall–Kier alpha value is -1.46. The first-order chi connectivity index (χ1) is 11.1. The van der Waals surface area contributed by atoms with E-state index in [1.165, 1.54) is 6.07 Å². The molecule has 1 aromatic rings. The maximum atomic E-state index is 13.3. The van der Waals surface area contributed by atoms with Gasteiger partial charge >= 0.3 is 0 Å². The van der Waals surface area contributed by atoms with E-state index >= 15 is 0 Å². The number of halogens is 1. The van der Waals surface area contributed by atoms with Gasteiger partial charge < -0.3 is 4.90 Å². The van der Waals surface area contributed by atoms with Crippen molar-refractivity contribution in [2.45, 2.75) is 26.8 Å². The van der Waals surface area contributed by atoms with Crippen molar-refractivity contribution < 1.29 is 9.18 Å². The van der Waals surface area contributed by atoms with E-state index in [9.17, 15) is 9.18 Å². The molecule has 128 valence electrons. The van der Waals surface area contributed by atoms with Gasteiger partial charge in [0.15, 0.2) is 0 Å². The molecule has 5 heteroatoms. The summed E-state index contributed by atoms with van der Waals surface area (Å²) in [7, 11) is 0. The molecular formula is C18H28FN3O. The highest BCUT2D eigenvalue weighted by molar-refractivity contribution is 5.78. The molecule has 0 unspecified atom stereocenters. The summed E-state index contributed by atoms with van der Waals surface area (Å²) >= 11 is 0. The summed E-state index contributed by atoms with van der Waals surface area (Å²) in [6.07, 6.45) is 1.04. The molecule has 0 N–H and O–H groups in total. The summed E-state index contributed by atoms with van der Waals surface area (Å²) in [5.74, 6) is 0.0392. The fourth-order valence-electron chi connectivity index (χ4n) is 3.10. The summed E-state index contributed by atoms with van der Waals surface area (Å²) < 4.78 is 13.3. The highest BCUT2D eigenvalue weighted by Crippen LogP contribution is 2.10. The first-order valence-electron chi connectivity index (χ1n) is 8.59. The number of carbonyl (C=O) groups excluding carboxylic acids is 1. The van der Waals surface area contributed by atoms with Crippen molar-refractivity contribution in [3.63, 3.8) is 0 Å². The Morgan fingerprint density at radius 1 is 1.13 bits per heavy atom. The second-order valence-corrected chi connectivity index (χ2v) is 6.10. The molecule has 1 amide bonds. The van der Waals surface area contributed by atoms with Crippen LogP contribution in [0, 0.1) is 5.82 Å². The average molecular weight is 321 g/mol. The van der Waals surface area contributed by atoms with E-state index in [1.54, 1.807) is 12.1 Å². The topological polar surface area (TPSA) is 26.8 Å². The monoisotopic (exact) mass is 321 g/mol. The van der Waals surface area contributed by atoms with Crippen molar-refractivity contribution in [2.75, 3.05) is 45.8 Å². The molecule has 1 saturated heterocycles. The minimum Gasteiger partial charge on any atom is -0.342 e. The molecule has 0 atom stereocenters. The number of nitrogens with zero attached hydrogens (tertiary/aromatic N) is 3. The molecule has 1 heterocycles. The Morgan fingerprint density at radius 2 is 1.83 bits per heavy atom. The lowest BCUT2D eigenvalue weighted by molar-refractivity contribution is -0.132. The summed E-state index contributed by atoms with van der Waals surface area (Å²) in [5, 5.41) is 0. The van der Waals surface area contributed by atoms with Crippen molar-refractivity contribution in [2.24, 2.45) is 0 Å². The van der Waals surface area contributed by atoms with Crippen molar-refractivity contribution in [3.8, 4) is 0 Å². The molecule has 1 aliphatic heterocycles. The van der Waals surface area contributed by atoms with E-state index in [-0.39, 0.29) is 11.7 Å². The van der Waals surface area contributed by atoms with Crippen LogP contribution in [0.4, 0.5) is 4.39 Å². The van der Waals surface area contributed by atoms with Gasteiger partial charge in [-0.3, -0.25) is 14.6 Å². The molecule has 1 aromatic carbocycles. The lowest BCUT2D eigenvalue weighted by atomic mass is 10.2. The van der Waals surface area contributed by atoms with Gasteiger partial charge in [0.2, 0.25) is 5.91 Å². The third-order valence-corrected chi connectivity index (χ3v) is 4.45. The van der Waals surface area contributed by atoms with Crippen molar-refractivity contribution in [1.29, 1.82) is 0 Å². The molecule has 4 nitrogen and oxygen atoms in total. The van der Waals surface area contributed by atoms with E-state index in [2.05, 4.69) is 9.80 Å². The Labute approximate surface area is 138 Å². The zero-order chi connectivity index (χ0) is 16.7. The molecule has 1 aliphatic rings. The second-order valence-electron chi connectivity index (χ2n) is 6.10. The summed E-state index contributed by atoms with van der Waals surface area (Å²) in [6.45, 7) is 10.6. The molecule has 0 radical (unpaired) electrons. The van der Waals surface area contributed by atoms with Crippen LogP contribution in [-0.4, -0.2) is 66.4 Å². The maximum absolute atomic E-state index is 13.3. The number of rotatable bonds is 6. The number of amides is 1. The van der Waals surface area contributed by atoms with Crippen LogP contribution < -0.4 is 0 Å². The zero-order valence-electron chi connectivity index (χ0n) is 14.3. The van der Waals surface area contributed by atoms with Gasteiger partial charge in [0.25, 0.3) is 0 Å². The van der Waals surface area contributed by atoms with E-state index in [0.717, 1.165) is 57.8 Å². The van der Waals surface area contributed by atoms with E-state index in [4.69, 9.17) is 0 Å². The van der Waals surface area contributed by atoms with Gasteiger partial charge in [0.05, 0.1) is 6.54 Å². The second kappa shape index (κ2) is 8.99. The van der Waals surface area contributed by atoms with Crippen molar-refractivity contribution in [1.82, 2.24) is 14.7 Å². The molecule has 0 spiro atoms. The average Bonchev–Trinajstić information content (AvgIpc) is 2.74. The smallest absolute Gasteiger partial charge is 0.236 e. The molecule has 0 aliphatic carbocycles. The normalized spacial score (nSPS) is 17.0. The van der Waals surface area contributed by atoms with Gasteiger partial charge in [-0.25, -0.2) is 4.39 Å². The van der Waals surface area contributed by atoms with Crippen LogP contribution in [-0.2, 0) is 11.3 Å². The molecule has 1 fully saturated rings. The molecule has 0 bridgehead atoms. The van der Waals surface area contributed by atoms with E-state index in [1.807, 2.05) is 24.8 Å². The molecule has 23 heavy (non-hydrogen) atoms. The van der Waals surface area contributed by atoms with Gasteiger partial charge in [0, 0.05) is 32.7 Å². The molecule has 0 saturated carbocycles. The van der Waals surface area contributed by atoms with Crippen LogP contribution in [0.2, 0.25) is 0 Å². The van der Waals surface area contributed by atoms with Gasteiger partial charge in [0.1, 0.15) is 5.82 Å². The van der Waals surface area contributed by atoms with Crippen LogP contribution in [0.25, 0.3) is 0 Å². The highest BCUT2D eigenvalue weighted by atomic mass is 19.1. The van der Waals surface area contributed by atoms with Crippen molar-refractivity contribution >= 4 is 5.91 Å². The van der Waals surface area contributed by atoms with Crippen LogP contribution in [0.3, 0.4) is 0 Å². The number of carbonyl (C=O) groups is 1. The highest BCUT2D eigenvalue weighted by Gasteiger charge is 2.19.